The molecule has 0 aliphatic carbocycles. The van der Waals surface area contributed by atoms with Crippen LogP contribution in [0.1, 0.15) is 6.92 Å². The monoisotopic (exact) mass is 259 g/mol. The molecule has 1 aromatic heterocycles. The highest BCUT2D eigenvalue weighted by Gasteiger charge is 2.03. The second kappa shape index (κ2) is 6.38. The first-order valence-electron chi connectivity index (χ1n) is 6.61. The van der Waals surface area contributed by atoms with Gasteiger partial charge in [-0.15, -0.1) is 0 Å². The van der Waals surface area contributed by atoms with E-state index in [1.54, 1.807) is 0 Å². The summed E-state index contributed by atoms with van der Waals surface area (Å²) in [5.41, 5.74) is 2.08. The van der Waals surface area contributed by atoms with Crippen molar-refractivity contribution in [2.45, 2.75) is 6.92 Å². The van der Waals surface area contributed by atoms with Gasteiger partial charge in [-0.25, -0.2) is 0 Å². The Kier molecular flexibility index (Phi) is 4.58. The molecule has 0 atom stereocenters. The lowest BCUT2D eigenvalue weighted by molar-refractivity contribution is 0.340. The molecule has 1 N–H and O–H groups in total. The van der Waals surface area contributed by atoms with Crippen molar-refractivity contribution >= 4 is 16.6 Å². The molecule has 2 rings (SSSR count). The van der Waals surface area contributed by atoms with Crippen LogP contribution in [-0.2, 0) is 0 Å². The van der Waals surface area contributed by atoms with E-state index in [2.05, 4.69) is 35.4 Å². The van der Waals surface area contributed by atoms with Crippen molar-refractivity contribution < 1.29 is 4.74 Å². The SMILES string of the molecule is CCOc1ccc2c(NCCN(C)C)ccnc2c1. The van der Waals surface area contributed by atoms with Crippen LogP contribution in [0.3, 0.4) is 0 Å². The van der Waals surface area contributed by atoms with E-state index in [1.165, 1.54) is 0 Å². The van der Waals surface area contributed by atoms with Crippen molar-refractivity contribution in [3.63, 3.8) is 0 Å². The summed E-state index contributed by atoms with van der Waals surface area (Å²) in [6.07, 6.45) is 1.83. The first-order chi connectivity index (χ1) is 9.20. The van der Waals surface area contributed by atoms with Crippen LogP contribution in [-0.4, -0.2) is 43.7 Å². The van der Waals surface area contributed by atoms with Crippen molar-refractivity contribution in [2.75, 3.05) is 39.1 Å². The number of likely N-dealkylation sites (N-methyl/N-ethyl adjacent to an activating group) is 1. The quantitative estimate of drug-likeness (QED) is 0.865. The second-order valence-electron chi connectivity index (χ2n) is 4.70. The van der Waals surface area contributed by atoms with E-state index >= 15 is 0 Å². The van der Waals surface area contributed by atoms with E-state index in [0.29, 0.717) is 6.61 Å². The van der Waals surface area contributed by atoms with Crippen LogP contribution in [0.5, 0.6) is 5.75 Å². The van der Waals surface area contributed by atoms with Gasteiger partial charge in [-0.2, -0.15) is 0 Å². The van der Waals surface area contributed by atoms with Gasteiger partial charge in [-0.05, 0) is 39.2 Å². The van der Waals surface area contributed by atoms with E-state index in [-0.39, 0.29) is 0 Å². The van der Waals surface area contributed by atoms with Crippen molar-refractivity contribution in [2.24, 2.45) is 0 Å². The summed E-state index contributed by atoms with van der Waals surface area (Å²) in [5, 5.41) is 4.58. The second-order valence-corrected chi connectivity index (χ2v) is 4.70. The van der Waals surface area contributed by atoms with Crippen LogP contribution in [0.15, 0.2) is 30.5 Å². The Morgan fingerprint density at radius 3 is 2.84 bits per heavy atom. The van der Waals surface area contributed by atoms with Gasteiger partial charge in [0.1, 0.15) is 5.75 Å². The number of pyridine rings is 1. The number of fused-ring (bicyclic) bond motifs is 1. The van der Waals surface area contributed by atoms with Crippen LogP contribution < -0.4 is 10.1 Å². The van der Waals surface area contributed by atoms with Crippen LogP contribution in [0, 0.1) is 0 Å². The number of hydrogen-bond acceptors (Lipinski definition) is 4. The average Bonchev–Trinajstić information content (AvgIpc) is 2.38. The molecular weight excluding hydrogens is 238 g/mol. The lowest BCUT2D eigenvalue weighted by atomic mass is 10.2. The fourth-order valence-corrected chi connectivity index (χ4v) is 1.95. The van der Waals surface area contributed by atoms with Gasteiger partial charge >= 0.3 is 0 Å². The fourth-order valence-electron chi connectivity index (χ4n) is 1.95. The molecule has 1 aromatic carbocycles. The molecule has 1 heterocycles. The van der Waals surface area contributed by atoms with Gasteiger partial charge in [0.2, 0.25) is 0 Å². The number of aromatic nitrogens is 1. The Morgan fingerprint density at radius 1 is 1.26 bits per heavy atom. The van der Waals surface area contributed by atoms with Gasteiger partial charge in [0.15, 0.2) is 0 Å². The Bertz CT molecular complexity index is 540. The van der Waals surface area contributed by atoms with Crippen molar-refractivity contribution in [3.05, 3.63) is 30.5 Å². The summed E-state index contributed by atoms with van der Waals surface area (Å²) in [5.74, 6) is 0.868. The van der Waals surface area contributed by atoms with E-state index in [9.17, 15) is 0 Å². The zero-order chi connectivity index (χ0) is 13.7. The fraction of sp³-hybridized carbons (Fsp3) is 0.400. The minimum atomic E-state index is 0.673. The summed E-state index contributed by atoms with van der Waals surface area (Å²) >= 11 is 0. The molecule has 0 unspecified atom stereocenters. The predicted molar refractivity (Wildman–Crippen MR) is 80.0 cm³/mol. The maximum Gasteiger partial charge on any atom is 0.121 e. The maximum atomic E-state index is 5.50. The Labute approximate surface area is 114 Å². The van der Waals surface area contributed by atoms with Gasteiger partial charge < -0.3 is 15.0 Å². The zero-order valence-corrected chi connectivity index (χ0v) is 11.8. The third-order valence-electron chi connectivity index (χ3n) is 2.90. The highest BCUT2D eigenvalue weighted by atomic mass is 16.5. The lowest BCUT2D eigenvalue weighted by Crippen LogP contribution is -2.20. The standard InChI is InChI=1S/C15H21N3O/c1-4-19-12-5-6-13-14(17-9-10-18(2)3)7-8-16-15(13)11-12/h5-8,11H,4,9-10H2,1-3H3,(H,16,17). The lowest BCUT2D eigenvalue weighted by Gasteiger charge is -2.13. The molecule has 0 amide bonds. The first-order valence-corrected chi connectivity index (χ1v) is 6.61. The van der Waals surface area contributed by atoms with Gasteiger partial charge in [0.05, 0.1) is 12.1 Å². The van der Waals surface area contributed by atoms with E-state index in [4.69, 9.17) is 4.74 Å². The number of rotatable bonds is 6. The molecule has 0 saturated carbocycles. The number of ether oxygens (including phenoxy) is 1. The van der Waals surface area contributed by atoms with Crippen molar-refractivity contribution in [3.8, 4) is 5.75 Å². The number of nitrogens with zero attached hydrogens (tertiary/aromatic N) is 2. The van der Waals surface area contributed by atoms with Gasteiger partial charge in [0.25, 0.3) is 0 Å². The molecule has 4 heteroatoms. The molecule has 0 aliphatic heterocycles. The molecule has 102 valence electrons. The largest absolute Gasteiger partial charge is 0.494 e. The molecule has 0 saturated heterocycles. The van der Waals surface area contributed by atoms with E-state index in [1.807, 2.05) is 31.3 Å². The summed E-state index contributed by atoms with van der Waals surface area (Å²) in [6.45, 7) is 4.57. The molecule has 0 fully saturated rings. The van der Waals surface area contributed by atoms with Crippen molar-refractivity contribution in [1.82, 2.24) is 9.88 Å². The number of anilines is 1. The van der Waals surface area contributed by atoms with Crippen LogP contribution in [0.2, 0.25) is 0 Å². The molecule has 19 heavy (non-hydrogen) atoms. The van der Waals surface area contributed by atoms with Gasteiger partial charge in [-0.1, -0.05) is 0 Å². The van der Waals surface area contributed by atoms with Crippen molar-refractivity contribution in [1.29, 1.82) is 0 Å². The Balaban J connectivity index is 2.20. The minimum absolute atomic E-state index is 0.673. The molecule has 0 aliphatic rings. The topological polar surface area (TPSA) is 37.4 Å². The van der Waals surface area contributed by atoms with E-state index < -0.39 is 0 Å². The normalized spacial score (nSPS) is 10.9. The number of benzene rings is 1. The summed E-state index contributed by atoms with van der Waals surface area (Å²) in [4.78, 5) is 6.55. The predicted octanol–water partition coefficient (Wildman–Crippen LogP) is 2.61. The molecular formula is C15H21N3O. The highest BCUT2D eigenvalue weighted by Crippen LogP contribution is 2.25. The summed E-state index contributed by atoms with van der Waals surface area (Å²) in [6, 6.07) is 8.05. The third-order valence-corrected chi connectivity index (χ3v) is 2.90. The third kappa shape index (κ3) is 3.58. The van der Waals surface area contributed by atoms with Crippen LogP contribution in [0.4, 0.5) is 5.69 Å². The van der Waals surface area contributed by atoms with E-state index in [0.717, 1.165) is 35.4 Å². The molecule has 0 spiro atoms. The van der Waals surface area contributed by atoms with Crippen LogP contribution >= 0.6 is 0 Å². The summed E-state index contributed by atoms with van der Waals surface area (Å²) in [7, 11) is 4.14. The highest BCUT2D eigenvalue weighted by molar-refractivity contribution is 5.91. The maximum absolute atomic E-state index is 5.50. The smallest absolute Gasteiger partial charge is 0.121 e. The summed E-state index contributed by atoms with van der Waals surface area (Å²) < 4.78 is 5.50. The zero-order valence-electron chi connectivity index (χ0n) is 11.8. The minimum Gasteiger partial charge on any atom is -0.494 e. The first kappa shape index (κ1) is 13.6. The Morgan fingerprint density at radius 2 is 2.11 bits per heavy atom. The molecule has 0 radical (unpaired) electrons. The number of nitrogens with one attached hydrogen (secondary N) is 1. The van der Waals surface area contributed by atoms with Gasteiger partial charge in [-0.3, -0.25) is 4.98 Å². The average molecular weight is 259 g/mol. The number of hydrogen-bond donors (Lipinski definition) is 1. The van der Waals surface area contributed by atoms with Crippen LogP contribution in [0.25, 0.3) is 10.9 Å². The molecule has 0 bridgehead atoms. The Hall–Kier alpha value is -1.81. The molecule has 2 aromatic rings. The molecule has 4 nitrogen and oxygen atoms in total. The van der Waals surface area contributed by atoms with Gasteiger partial charge in [0, 0.05) is 36.4 Å².